The highest BCUT2D eigenvalue weighted by Crippen LogP contribution is 2.16. The molecule has 0 fully saturated rings. The van der Waals surface area contributed by atoms with Crippen molar-refractivity contribution in [3.63, 3.8) is 0 Å². The number of aromatic nitrogens is 3. The van der Waals surface area contributed by atoms with Gasteiger partial charge in [0.25, 0.3) is 0 Å². The molecule has 0 saturated carbocycles. The fourth-order valence-corrected chi connectivity index (χ4v) is 2.50. The number of nitrogens with one attached hydrogen (secondary N) is 1. The predicted molar refractivity (Wildman–Crippen MR) is 101 cm³/mol. The first kappa shape index (κ1) is 19.4. The van der Waals surface area contributed by atoms with Gasteiger partial charge in [-0.3, -0.25) is 14.2 Å². The smallest absolute Gasteiger partial charge is 0.419 e. The molecule has 1 aromatic carbocycles. The van der Waals surface area contributed by atoms with Gasteiger partial charge in [0.1, 0.15) is 0 Å². The zero-order valence-electron chi connectivity index (χ0n) is 16.0. The summed E-state index contributed by atoms with van der Waals surface area (Å²) < 4.78 is 13.1. The fourth-order valence-electron chi connectivity index (χ4n) is 2.50. The molecule has 0 radical (unpaired) electrons. The van der Waals surface area contributed by atoms with Gasteiger partial charge in [0.2, 0.25) is 5.91 Å². The molecule has 2 heterocycles. The van der Waals surface area contributed by atoms with Gasteiger partial charge in [-0.1, -0.05) is 12.1 Å². The molecule has 148 valence electrons. The second kappa shape index (κ2) is 7.71. The number of aryl methyl sites for hydroxylation is 1. The van der Waals surface area contributed by atoms with Gasteiger partial charge in [0, 0.05) is 13.0 Å². The van der Waals surface area contributed by atoms with E-state index in [0.717, 1.165) is 0 Å². The standard InChI is InChI=1S/C19H22N4O5/c1-19(2,3)17(25)27-12-22-11-13(10-20-22)21-16(24)8-9-23-14-6-4-5-7-15(14)28-18(23)26/h4-7,10-11H,8-9,12H2,1-3H3,(H,21,24). The Bertz CT molecular complexity index is 1050. The van der Waals surface area contributed by atoms with Crippen LogP contribution in [0.4, 0.5) is 5.69 Å². The van der Waals surface area contributed by atoms with E-state index in [2.05, 4.69) is 10.4 Å². The number of esters is 1. The Labute approximate surface area is 160 Å². The number of carbonyl (C=O) groups is 2. The number of anilines is 1. The maximum Gasteiger partial charge on any atom is 0.419 e. The maximum absolute atomic E-state index is 12.2. The van der Waals surface area contributed by atoms with E-state index in [1.807, 2.05) is 0 Å². The van der Waals surface area contributed by atoms with Gasteiger partial charge in [-0.05, 0) is 32.9 Å². The summed E-state index contributed by atoms with van der Waals surface area (Å²) in [5.41, 5.74) is 1.01. The summed E-state index contributed by atoms with van der Waals surface area (Å²) in [6.45, 7) is 5.44. The lowest BCUT2D eigenvalue weighted by Crippen LogP contribution is -2.24. The molecule has 0 spiro atoms. The van der Waals surface area contributed by atoms with Crippen LogP contribution in [0.5, 0.6) is 0 Å². The molecule has 0 aliphatic carbocycles. The number of benzene rings is 1. The van der Waals surface area contributed by atoms with Gasteiger partial charge in [-0.15, -0.1) is 0 Å². The first-order chi connectivity index (χ1) is 13.2. The molecule has 28 heavy (non-hydrogen) atoms. The minimum atomic E-state index is -0.598. The Balaban J connectivity index is 1.54. The second-order valence-electron chi connectivity index (χ2n) is 7.36. The predicted octanol–water partition coefficient (Wildman–Crippen LogP) is 2.37. The highest BCUT2D eigenvalue weighted by Gasteiger charge is 2.23. The molecule has 0 atom stereocenters. The number of rotatable bonds is 6. The molecule has 0 bridgehead atoms. The fraction of sp³-hybridized carbons (Fsp3) is 0.368. The quantitative estimate of drug-likeness (QED) is 0.652. The van der Waals surface area contributed by atoms with Crippen molar-refractivity contribution in [3.8, 4) is 0 Å². The van der Waals surface area contributed by atoms with Crippen LogP contribution in [-0.4, -0.2) is 26.2 Å². The van der Waals surface area contributed by atoms with Crippen LogP contribution in [0.25, 0.3) is 11.1 Å². The van der Waals surface area contributed by atoms with Crippen LogP contribution in [0, 0.1) is 5.41 Å². The number of carbonyl (C=O) groups excluding carboxylic acids is 2. The Kier molecular flexibility index (Phi) is 5.34. The van der Waals surface area contributed by atoms with Crippen molar-refractivity contribution in [3.05, 3.63) is 47.2 Å². The van der Waals surface area contributed by atoms with E-state index in [1.54, 1.807) is 51.2 Å². The first-order valence-corrected chi connectivity index (χ1v) is 8.82. The highest BCUT2D eigenvalue weighted by molar-refractivity contribution is 5.90. The molecule has 0 aliphatic rings. The highest BCUT2D eigenvalue weighted by atomic mass is 16.5. The van der Waals surface area contributed by atoms with Crippen LogP contribution in [-0.2, 0) is 27.6 Å². The Morgan fingerprint density at radius 1 is 1.25 bits per heavy atom. The molecule has 0 aliphatic heterocycles. The number of amides is 1. The monoisotopic (exact) mass is 386 g/mol. The second-order valence-corrected chi connectivity index (χ2v) is 7.36. The van der Waals surface area contributed by atoms with Crippen molar-refractivity contribution in [1.29, 1.82) is 0 Å². The molecule has 3 aromatic rings. The molecule has 0 saturated heterocycles. The van der Waals surface area contributed by atoms with Crippen LogP contribution in [0.1, 0.15) is 27.2 Å². The molecule has 9 heteroatoms. The number of fused-ring (bicyclic) bond motifs is 1. The minimum absolute atomic E-state index is 0.0393. The molecule has 0 unspecified atom stereocenters. The average molecular weight is 386 g/mol. The van der Waals surface area contributed by atoms with Gasteiger partial charge in [0.05, 0.1) is 29.0 Å². The van der Waals surface area contributed by atoms with E-state index in [1.165, 1.54) is 15.4 Å². The van der Waals surface area contributed by atoms with Crippen molar-refractivity contribution < 1.29 is 18.7 Å². The summed E-state index contributed by atoms with van der Waals surface area (Å²) in [5, 5.41) is 6.74. The summed E-state index contributed by atoms with van der Waals surface area (Å²) in [4.78, 5) is 35.9. The lowest BCUT2D eigenvalue weighted by molar-refractivity contribution is -0.157. The lowest BCUT2D eigenvalue weighted by Gasteiger charge is -2.16. The normalized spacial score (nSPS) is 11.5. The summed E-state index contributed by atoms with van der Waals surface area (Å²) in [5.74, 6) is -1.11. The van der Waals surface area contributed by atoms with E-state index in [-0.39, 0.29) is 31.6 Å². The molecular weight excluding hydrogens is 364 g/mol. The van der Waals surface area contributed by atoms with E-state index < -0.39 is 11.2 Å². The summed E-state index contributed by atoms with van der Waals surface area (Å²) in [6.07, 6.45) is 3.11. The first-order valence-electron chi connectivity index (χ1n) is 8.82. The molecular formula is C19H22N4O5. The number of hydrogen-bond acceptors (Lipinski definition) is 6. The molecule has 2 aromatic heterocycles. The average Bonchev–Trinajstić information content (AvgIpc) is 3.20. The van der Waals surface area contributed by atoms with Gasteiger partial charge in [0.15, 0.2) is 12.3 Å². The third-order valence-electron chi connectivity index (χ3n) is 3.99. The number of hydrogen-bond donors (Lipinski definition) is 1. The maximum atomic E-state index is 12.2. The number of ether oxygens (including phenoxy) is 1. The van der Waals surface area contributed by atoms with Crippen LogP contribution < -0.4 is 11.1 Å². The van der Waals surface area contributed by atoms with Crippen molar-refractivity contribution in [2.45, 2.75) is 40.5 Å². The molecule has 1 amide bonds. The van der Waals surface area contributed by atoms with Gasteiger partial charge in [-0.2, -0.15) is 5.10 Å². The summed E-state index contributed by atoms with van der Waals surface area (Å²) in [7, 11) is 0. The Morgan fingerprint density at radius 2 is 2.00 bits per heavy atom. The van der Waals surface area contributed by atoms with E-state index in [4.69, 9.17) is 9.15 Å². The minimum Gasteiger partial charge on any atom is -0.442 e. The van der Waals surface area contributed by atoms with Crippen molar-refractivity contribution >= 4 is 28.7 Å². The zero-order valence-corrected chi connectivity index (χ0v) is 16.0. The Hall–Kier alpha value is -3.36. The van der Waals surface area contributed by atoms with Crippen molar-refractivity contribution in [2.75, 3.05) is 5.32 Å². The lowest BCUT2D eigenvalue weighted by atomic mass is 9.98. The topological polar surface area (TPSA) is 108 Å². The van der Waals surface area contributed by atoms with Gasteiger partial charge >= 0.3 is 11.7 Å². The van der Waals surface area contributed by atoms with Gasteiger partial charge < -0.3 is 14.5 Å². The zero-order chi connectivity index (χ0) is 20.3. The third-order valence-corrected chi connectivity index (χ3v) is 3.99. The van der Waals surface area contributed by atoms with Crippen LogP contribution in [0.2, 0.25) is 0 Å². The largest absolute Gasteiger partial charge is 0.442 e. The van der Waals surface area contributed by atoms with Crippen molar-refractivity contribution in [2.24, 2.45) is 5.41 Å². The number of nitrogens with zero attached hydrogens (tertiary/aromatic N) is 3. The number of para-hydroxylation sites is 2. The van der Waals surface area contributed by atoms with Crippen LogP contribution in [0.15, 0.2) is 45.9 Å². The number of oxazole rings is 1. The van der Waals surface area contributed by atoms with E-state index in [0.29, 0.717) is 16.8 Å². The Morgan fingerprint density at radius 3 is 2.75 bits per heavy atom. The van der Waals surface area contributed by atoms with Crippen LogP contribution >= 0.6 is 0 Å². The molecule has 3 rings (SSSR count). The SMILES string of the molecule is CC(C)(C)C(=O)OCn1cc(NC(=O)CCn2c(=O)oc3ccccc32)cn1. The van der Waals surface area contributed by atoms with Gasteiger partial charge in [-0.25, -0.2) is 9.48 Å². The van der Waals surface area contributed by atoms with Crippen molar-refractivity contribution in [1.82, 2.24) is 14.3 Å². The molecule has 1 N–H and O–H groups in total. The third kappa shape index (κ3) is 4.48. The molecule has 9 nitrogen and oxygen atoms in total. The van der Waals surface area contributed by atoms with E-state index >= 15 is 0 Å². The summed E-state index contributed by atoms with van der Waals surface area (Å²) in [6, 6.07) is 7.04. The van der Waals surface area contributed by atoms with Crippen LogP contribution in [0.3, 0.4) is 0 Å². The van der Waals surface area contributed by atoms with E-state index in [9.17, 15) is 14.4 Å². The summed E-state index contributed by atoms with van der Waals surface area (Å²) >= 11 is 0.